The molecule has 0 spiro atoms. The minimum absolute atomic E-state index is 0.206. The van der Waals surface area contributed by atoms with Crippen molar-refractivity contribution >= 4 is 21.6 Å². The minimum Gasteiger partial charge on any atom is -0.507 e. The molecule has 0 aliphatic rings. The summed E-state index contributed by atoms with van der Waals surface area (Å²) in [6.45, 7) is 0. The molecule has 0 aromatic heterocycles. The maximum Gasteiger partial charge on any atom is 0.125 e. The number of phenols is 1. The van der Waals surface area contributed by atoms with E-state index in [2.05, 4.69) is 15.9 Å². The number of aromatic hydroxyl groups is 1. The second kappa shape index (κ2) is 3.95. The summed E-state index contributed by atoms with van der Waals surface area (Å²) in [4.78, 5) is 0. The van der Waals surface area contributed by atoms with E-state index >= 15 is 0 Å². The highest BCUT2D eigenvalue weighted by Gasteiger charge is 2.03. The van der Waals surface area contributed by atoms with Gasteiger partial charge in [0.15, 0.2) is 0 Å². The van der Waals surface area contributed by atoms with Gasteiger partial charge < -0.3 is 10.8 Å². The van der Waals surface area contributed by atoms with Crippen LogP contribution in [0.25, 0.3) is 11.1 Å². The van der Waals surface area contributed by atoms with E-state index in [-0.39, 0.29) is 5.75 Å². The van der Waals surface area contributed by atoms with Crippen LogP contribution < -0.4 is 5.73 Å². The van der Waals surface area contributed by atoms with Crippen molar-refractivity contribution in [1.82, 2.24) is 0 Å². The Morgan fingerprint density at radius 3 is 2.27 bits per heavy atom. The largest absolute Gasteiger partial charge is 0.507 e. The molecule has 2 rings (SSSR count). The van der Waals surface area contributed by atoms with Gasteiger partial charge in [0.05, 0.1) is 0 Å². The molecule has 0 radical (unpaired) electrons. The van der Waals surface area contributed by atoms with Gasteiger partial charge in [0, 0.05) is 21.8 Å². The summed E-state index contributed by atoms with van der Waals surface area (Å²) < 4.78 is 1.01. The highest BCUT2D eigenvalue weighted by atomic mass is 79.9. The third kappa shape index (κ3) is 2.13. The second-order valence-corrected chi connectivity index (χ2v) is 4.20. The quantitative estimate of drug-likeness (QED) is 0.775. The van der Waals surface area contributed by atoms with E-state index in [0.29, 0.717) is 5.69 Å². The van der Waals surface area contributed by atoms with Crippen LogP contribution in [0.2, 0.25) is 0 Å². The molecule has 0 bridgehead atoms. The Morgan fingerprint density at radius 2 is 1.67 bits per heavy atom. The van der Waals surface area contributed by atoms with Crippen molar-refractivity contribution in [3.63, 3.8) is 0 Å². The van der Waals surface area contributed by atoms with Gasteiger partial charge in [-0.2, -0.15) is 0 Å². The van der Waals surface area contributed by atoms with E-state index in [9.17, 15) is 5.11 Å². The maximum atomic E-state index is 9.72. The first-order valence-electron chi connectivity index (χ1n) is 4.51. The third-order valence-electron chi connectivity index (χ3n) is 2.18. The van der Waals surface area contributed by atoms with E-state index in [1.165, 1.54) is 0 Å². The molecule has 0 heterocycles. The SMILES string of the molecule is Nc1ccc(-c2ccc(Br)cc2)c(O)c1. The van der Waals surface area contributed by atoms with Gasteiger partial charge in [-0.1, -0.05) is 28.1 Å². The third-order valence-corrected chi connectivity index (χ3v) is 2.71. The smallest absolute Gasteiger partial charge is 0.125 e. The normalized spacial score (nSPS) is 10.2. The summed E-state index contributed by atoms with van der Waals surface area (Å²) in [6.07, 6.45) is 0. The molecule has 0 aliphatic carbocycles. The van der Waals surface area contributed by atoms with E-state index in [1.807, 2.05) is 30.3 Å². The second-order valence-electron chi connectivity index (χ2n) is 3.28. The molecule has 0 unspecified atom stereocenters. The number of nitrogen functional groups attached to an aromatic ring is 1. The van der Waals surface area contributed by atoms with Gasteiger partial charge in [-0.05, 0) is 29.8 Å². The number of phenolic OH excluding ortho intramolecular Hbond substituents is 1. The molecule has 76 valence electrons. The van der Waals surface area contributed by atoms with Crippen LogP contribution in [0.4, 0.5) is 5.69 Å². The van der Waals surface area contributed by atoms with Crippen molar-refractivity contribution in [2.75, 3.05) is 5.73 Å². The lowest BCUT2D eigenvalue weighted by molar-refractivity contribution is 0.477. The molecular formula is C12H10BrNO. The van der Waals surface area contributed by atoms with Crippen LogP contribution in [0.1, 0.15) is 0 Å². The van der Waals surface area contributed by atoms with Gasteiger partial charge in [-0.25, -0.2) is 0 Å². The van der Waals surface area contributed by atoms with Crippen molar-refractivity contribution in [1.29, 1.82) is 0 Å². The van der Waals surface area contributed by atoms with Crippen molar-refractivity contribution in [2.45, 2.75) is 0 Å². The van der Waals surface area contributed by atoms with Crippen molar-refractivity contribution in [3.05, 3.63) is 46.9 Å². The van der Waals surface area contributed by atoms with Crippen LogP contribution >= 0.6 is 15.9 Å². The fourth-order valence-corrected chi connectivity index (χ4v) is 1.69. The topological polar surface area (TPSA) is 46.2 Å². The Labute approximate surface area is 96.5 Å². The van der Waals surface area contributed by atoms with Crippen molar-refractivity contribution < 1.29 is 5.11 Å². The summed E-state index contributed by atoms with van der Waals surface area (Å²) in [5.41, 5.74) is 7.88. The van der Waals surface area contributed by atoms with Gasteiger partial charge in [0.1, 0.15) is 5.75 Å². The molecule has 0 amide bonds. The maximum absolute atomic E-state index is 9.72. The summed E-state index contributed by atoms with van der Waals surface area (Å²) >= 11 is 3.37. The first-order valence-corrected chi connectivity index (χ1v) is 5.30. The Hall–Kier alpha value is -1.48. The molecule has 0 saturated carbocycles. The number of benzene rings is 2. The lowest BCUT2D eigenvalue weighted by atomic mass is 10.0. The van der Waals surface area contributed by atoms with Crippen LogP contribution in [0.5, 0.6) is 5.75 Å². The lowest BCUT2D eigenvalue weighted by Crippen LogP contribution is -1.85. The van der Waals surface area contributed by atoms with Gasteiger partial charge in [0.2, 0.25) is 0 Å². The zero-order valence-electron chi connectivity index (χ0n) is 7.94. The molecule has 2 nitrogen and oxygen atoms in total. The number of hydrogen-bond acceptors (Lipinski definition) is 2. The van der Waals surface area contributed by atoms with Crippen LogP contribution in [0.15, 0.2) is 46.9 Å². The molecule has 3 N–H and O–H groups in total. The van der Waals surface area contributed by atoms with Crippen LogP contribution in [-0.4, -0.2) is 5.11 Å². The molecule has 0 fully saturated rings. The average Bonchev–Trinajstić information content (AvgIpc) is 2.20. The van der Waals surface area contributed by atoms with Crippen molar-refractivity contribution in [2.24, 2.45) is 0 Å². The number of hydrogen-bond donors (Lipinski definition) is 2. The Bertz CT molecular complexity index is 479. The first kappa shape index (κ1) is 10.1. The molecular weight excluding hydrogens is 254 g/mol. The zero-order valence-corrected chi connectivity index (χ0v) is 9.53. The Morgan fingerprint density at radius 1 is 1.00 bits per heavy atom. The molecule has 15 heavy (non-hydrogen) atoms. The van der Waals surface area contributed by atoms with Gasteiger partial charge >= 0.3 is 0 Å². The fraction of sp³-hybridized carbons (Fsp3) is 0. The molecule has 0 aliphatic heterocycles. The summed E-state index contributed by atoms with van der Waals surface area (Å²) in [7, 11) is 0. The number of halogens is 1. The predicted octanol–water partition coefficient (Wildman–Crippen LogP) is 3.40. The minimum atomic E-state index is 0.206. The van der Waals surface area contributed by atoms with E-state index in [0.717, 1.165) is 15.6 Å². The summed E-state index contributed by atoms with van der Waals surface area (Å²) in [5.74, 6) is 0.206. The molecule has 2 aromatic carbocycles. The fourth-order valence-electron chi connectivity index (χ4n) is 1.42. The van der Waals surface area contributed by atoms with E-state index in [1.54, 1.807) is 12.1 Å². The van der Waals surface area contributed by atoms with Crippen LogP contribution in [-0.2, 0) is 0 Å². The molecule has 0 saturated heterocycles. The zero-order chi connectivity index (χ0) is 10.8. The molecule has 2 aromatic rings. The van der Waals surface area contributed by atoms with Crippen molar-refractivity contribution in [3.8, 4) is 16.9 Å². The standard InChI is InChI=1S/C12H10BrNO/c13-9-3-1-8(2-4-9)11-6-5-10(14)7-12(11)15/h1-7,15H,14H2. The van der Waals surface area contributed by atoms with E-state index < -0.39 is 0 Å². The number of anilines is 1. The lowest BCUT2D eigenvalue weighted by Gasteiger charge is -2.05. The van der Waals surface area contributed by atoms with Crippen LogP contribution in [0, 0.1) is 0 Å². The monoisotopic (exact) mass is 263 g/mol. The molecule has 0 atom stereocenters. The van der Waals surface area contributed by atoms with Gasteiger partial charge in [-0.15, -0.1) is 0 Å². The summed E-state index contributed by atoms with van der Waals surface area (Å²) in [6, 6.07) is 12.9. The number of rotatable bonds is 1. The molecule has 3 heteroatoms. The first-order chi connectivity index (χ1) is 7.16. The van der Waals surface area contributed by atoms with E-state index in [4.69, 9.17) is 5.73 Å². The Balaban J connectivity index is 2.49. The highest BCUT2D eigenvalue weighted by molar-refractivity contribution is 9.10. The van der Waals surface area contributed by atoms with Gasteiger partial charge in [0.25, 0.3) is 0 Å². The number of nitrogens with two attached hydrogens (primary N) is 1. The van der Waals surface area contributed by atoms with Gasteiger partial charge in [-0.3, -0.25) is 0 Å². The predicted molar refractivity (Wildman–Crippen MR) is 65.7 cm³/mol. The van der Waals surface area contributed by atoms with Crippen LogP contribution in [0.3, 0.4) is 0 Å². The average molecular weight is 264 g/mol. The summed E-state index contributed by atoms with van der Waals surface area (Å²) in [5, 5.41) is 9.72. The highest BCUT2D eigenvalue weighted by Crippen LogP contribution is 2.31. The Kier molecular flexibility index (Phi) is 2.64.